The molecule has 0 radical (unpaired) electrons. The molecule has 1 heterocycles. The molecule has 0 saturated carbocycles. The Labute approximate surface area is 84.3 Å². The van der Waals surface area contributed by atoms with Gasteiger partial charge in [0.2, 0.25) is 0 Å². The van der Waals surface area contributed by atoms with Crippen molar-refractivity contribution in [1.82, 2.24) is 10.5 Å². The van der Waals surface area contributed by atoms with Gasteiger partial charge in [-0.2, -0.15) is 0 Å². The highest BCUT2D eigenvalue weighted by Gasteiger charge is 2.09. The van der Waals surface area contributed by atoms with E-state index >= 15 is 0 Å². The van der Waals surface area contributed by atoms with Crippen molar-refractivity contribution >= 4 is 0 Å². The summed E-state index contributed by atoms with van der Waals surface area (Å²) in [5, 5.41) is 16.0. The van der Waals surface area contributed by atoms with Gasteiger partial charge >= 0.3 is 0 Å². The standard InChI is InChI=1S/C10H18N2O2/c1-8(2)3-10(6-13)11-4-9-5-12-14-7-9/h5,7-8,10-11,13H,3-4,6H2,1-2H3. The Balaban J connectivity index is 2.27. The van der Waals surface area contributed by atoms with Crippen molar-refractivity contribution in [3.05, 3.63) is 18.0 Å². The molecule has 0 aromatic carbocycles. The van der Waals surface area contributed by atoms with E-state index in [1.807, 2.05) is 0 Å². The summed E-state index contributed by atoms with van der Waals surface area (Å²) in [6.07, 6.45) is 4.26. The van der Waals surface area contributed by atoms with Crippen molar-refractivity contribution in [2.24, 2.45) is 5.92 Å². The van der Waals surface area contributed by atoms with Gasteiger partial charge in [0.15, 0.2) is 0 Å². The molecular weight excluding hydrogens is 180 g/mol. The van der Waals surface area contributed by atoms with Crippen LogP contribution in [0.5, 0.6) is 0 Å². The first kappa shape index (κ1) is 11.2. The van der Waals surface area contributed by atoms with Crippen LogP contribution in [0.25, 0.3) is 0 Å². The summed E-state index contributed by atoms with van der Waals surface area (Å²) < 4.78 is 4.71. The number of hydrogen-bond acceptors (Lipinski definition) is 4. The molecule has 0 aliphatic rings. The number of aromatic nitrogens is 1. The maximum Gasteiger partial charge on any atom is 0.128 e. The number of aliphatic hydroxyl groups is 1. The molecule has 0 saturated heterocycles. The molecule has 0 aliphatic carbocycles. The predicted octanol–water partition coefficient (Wildman–Crippen LogP) is 1.17. The zero-order valence-electron chi connectivity index (χ0n) is 8.73. The zero-order chi connectivity index (χ0) is 10.4. The smallest absolute Gasteiger partial charge is 0.128 e. The molecule has 0 fully saturated rings. The van der Waals surface area contributed by atoms with Gasteiger partial charge in [0.25, 0.3) is 0 Å². The van der Waals surface area contributed by atoms with Gasteiger partial charge in [-0.1, -0.05) is 19.0 Å². The van der Waals surface area contributed by atoms with E-state index in [-0.39, 0.29) is 12.6 Å². The number of nitrogens with one attached hydrogen (secondary N) is 1. The van der Waals surface area contributed by atoms with Gasteiger partial charge in [0, 0.05) is 18.2 Å². The molecule has 0 bridgehead atoms. The molecule has 1 aromatic rings. The number of nitrogens with zero attached hydrogens (tertiary/aromatic N) is 1. The zero-order valence-corrected chi connectivity index (χ0v) is 8.73. The van der Waals surface area contributed by atoms with Gasteiger partial charge in [-0.25, -0.2) is 0 Å². The van der Waals surface area contributed by atoms with Crippen LogP contribution in [0.4, 0.5) is 0 Å². The lowest BCUT2D eigenvalue weighted by Gasteiger charge is -2.17. The minimum atomic E-state index is 0.157. The van der Waals surface area contributed by atoms with Gasteiger partial charge in [-0.15, -0.1) is 0 Å². The molecule has 14 heavy (non-hydrogen) atoms. The third kappa shape index (κ3) is 3.89. The van der Waals surface area contributed by atoms with Crippen LogP contribution in [0, 0.1) is 5.92 Å². The van der Waals surface area contributed by atoms with Crippen LogP contribution in [-0.2, 0) is 6.54 Å². The lowest BCUT2D eigenvalue weighted by molar-refractivity contribution is 0.223. The van der Waals surface area contributed by atoms with Crippen molar-refractivity contribution in [3.8, 4) is 0 Å². The van der Waals surface area contributed by atoms with Gasteiger partial charge < -0.3 is 14.9 Å². The third-order valence-corrected chi connectivity index (χ3v) is 2.05. The largest absolute Gasteiger partial charge is 0.395 e. The summed E-state index contributed by atoms with van der Waals surface area (Å²) in [5.41, 5.74) is 1.01. The first-order valence-electron chi connectivity index (χ1n) is 4.95. The van der Waals surface area contributed by atoms with Crippen LogP contribution in [-0.4, -0.2) is 22.9 Å². The monoisotopic (exact) mass is 198 g/mol. The van der Waals surface area contributed by atoms with Crippen LogP contribution in [0.2, 0.25) is 0 Å². The van der Waals surface area contributed by atoms with Gasteiger partial charge in [-0.3, -0.25) is 0 Å². The molecule has 0 aliphatic heterocycles. The maximum atomic E-state index is 9.10. The fraction of sp³-hybridized carbons (Fsp3) is 0.700. The Hall–Kier alpha value is -0.870. The summed E-state index contributed by atoms with van der Waals surface area (Å²) in [5.74, 6) is 0.585. The average Bonchev–Trinajstić information content (AvgIpc) is 2.64. The molecule has 1 aromatic heterocycles. The molecule has 2 N–H and O–H groups in total. The van der Waals surface area contributed by atoms with Gasteiger partial charge in [0.1, 0.15) is 6.26 Å². The number of aliphatic hydroxyl groups excluding tert-OH is 1. The second-order valence-electron chi connectivity index (χ2n) is 3.92. The second-order valence-corrected chi connectivity index (χ2v) is 3.92. The molecular formula is C10H18N2O2. The normalized spacial score (nSPS) is 13.4. The molecule has 4 nitrogen and oxygen atoms in total. The number of hydrogen-bond donors (Lipinski definition) is 2. The van der Waals surface area contributed by atoms with Crippen LogP contribution in [0.15, 0.2) is 17.0 Å². The predicted molar refractivity (Wildman–Crippen MR) is 53.7 cm³/mol. The quantitative estimate of drug-likeness (QED) is 0.720. The van der Waals surface area contributed by atoms with E-state index in [1.165, 1.54) is 0 Å². The highest BCUT2D eigenvalue weighted by atomic mass is 16.5. The van der Waals surface area contributed by atoms with E-state index in [9.17, 15) is 0 Å². The summed E-state index contributed by atoms with van der Waals surface area (Å²) in [7, 11) is 0. The van der Waals surface area contributed by atoms with E-state index in [4.69, 9.17) is 9.63 Å². The SMILES string of the molecule is CC(C)CC(CO)NCc1cnoc1. The first-order chi connectivity index (χ1) is 6.72. The maximum absolute atomic E-state index is 9.10. The van der Waals surface area contributed by atoms with E-state index < -0.39 is 0 Å². The average molecular weight is 198 g/mol. The van der Waals surface area contributed by atoms with Crippen molar-refractivity contribution in [3.63, 3.8) is 0 Å². The Kier molecular flexibility index (Phi) is 4.62. The Morgan fingerprint density at radius 3 is 2.86 bits per heavy atom. The highest BCUT2D eigenvalue weighted by Crippen LogP contribution is 2.05. The Morgan fingerprint density at radius 1 is 1.57 bits per heavy atom. The molecule has 4 heteroatoms. The van der Waals surface area contributed by atoms with Gasteiger partial charge in [0.05, 0.1) is 12.8 Å². The summed E-state index contributed by atoms with van der Waals surface area (Å²) >= 11 is 0. The van der Waals surface area contributed by atoms with Crippen molar-refractivity contribution in [2.45, 2.75) is 32.9 Å². The molecule has 1 rings (SSSR count). The summed E-state index contributed by atoms with van der Waals surface area (Å²) in [4.78, 5) is 0. The lowest BCUT2D eigenvalue weighted by Crippen LogP contribution is -2.33. The summed E-state index contributed by atoms with van der Waals surface area (Å²) in [6.45, 7) is 5.15. The van der Waals surface area contributed by atoms with Crippen LogP contribution >= 0.6 is 0 Å². The summed E-state index contributed by atoms with van der Waals surface area (Å²) in [6, 6.07) is 0.157. The van der Waals surface area contributed by atoms with Crippen LogP contribution < -0.4 is 5.32 Å². The van der Waals surface area contributed by atoms with Gasteiger partial charge in [-0.05, 0) is 12.3 Å². The van der Waals surface area contributed by atoms with E-state index in [0.29, 0.717) is 12.5 Å². The Morgan fingerprint density at radius 2 is 2.36 bits per heavy atom. The number of rotatable bonds is 6. The molecule has 0 amide bonds. The topological polar surface area (TPSA) is 58.3 Å². The minimum absolute atomic E-state index is 0.157. The Bertz CT molecular complexity index is 234. The van der Waals surface area contributed by atoms with Crippen molar-refractivity contribution in [2.75, 3.05) is 6.61 Å². The molecule has 80 valence electrons. The minimum Gasteiger partial charge on any atom is -0.395 e. The van der Waals surface area contributed by atoms with E-state index in [1.54, 1.807) is 12.5 Å². The van der Waals surface area contributed by atoms with Crippen molar-refractivity contribution in [1.29, 1.82) is 0 Å². The van der Waals surface area contributed by atoms with Crippen LogP contribution in [0.1, 0.15) is 25.8 Å². The van der Waals surface area contributed by atoms with Crippen molar-refractivity contribution < 1.29 is 9.63 Å². The highest BCUT2D eigenvalue weighted by molar-refractivity contribution is 4.99. The lowest BCUT2D eigenvalue weighted by atomic mass is 10.0. The fourth-order valence-corrected chi connectivity index (χ4v) is 1.37. The first-order valence-corrected chi connectivity index (χ1v) is 4.95. The molecule has 0 spiro atoms. The third-order valence-electron chi connectivity index (χ3n) is 2.05. The molecule has 1 unspecified atom stereocenters. The van der Waals surface area contributed by atoms with Crippen LogP contribution in [0.3, 0.4) is 0 Å². The molecule has 1 atom stereocenters. The fourth-order valence-electron chi connectivity index (χ4n) is 1.37. The van der Waals surface area contributed by atoms with E-state index in [2.05, 4.69) is 24.3 Å². The van der Waals surface area contributed by atoms with E-state index in [0.717, 1.165) is 12.0 Å². The second kappa shape index (κ2) is 5.78.